The predicted molar refractivity (Wildman–Crippen MR) is 276 cm³/mol. The Balaban J connectivity index is 0.000000376. The fourth-order valence-corrected chi connectivity index (χ4v) is 7.78. The van der Waals surface area contributed by atoms with E-state index in [1.54, 1.807) is 60.7 Å². The highest BCUT2D eigenvalue weighted by Gasteiger charge is 2.18. The first kappa shape index (κ1) is 56.6. The third-order valence-corrected chi connectivity index (χ3v) is 12.3. The lowest BCUT2D eigenvalue weighted by atomic mass is 10.1. The van der Waals surface area contributed by atoms with E-state index in [1.165, 1.54) is 62.8 Å². The predicted octanol–water partition coefficient (Wildman–Crippen LogP) is 7.91. The van der Waals surface area contributed by atoms with E-state index in [0.29, 0.717) is 56.5 Å². The molecule has 18 nitrogen and oxygen atoms in total. The van der Waals surface area contributed by atoms with Gasteiger partial charge in [-0.2, -0.15) is 0 Å². The number of carbonyl (C=O) groups is 4. The van der Waals surface area contributed by atoms with Crippen LogP contribution in [0.2, 0.25) is 0 Å². The highest BCUT2D eigenvalue weighted by Crippen LogP contribution is 2.28. The molecule has 4 N–H and O–H groups in total. The average Bonchev–Trinajstić information content (AvgIpc) is 3.37. The van der Waals surface area contributed by atoms with E-state index in [0.717, 1.165) is 37.1 Å². The molecule has 5 aromatic carbocycles. The molecule has 0 unspecified atom stereocenters. The molecule has 0 radical (unpaired) electrons. The second kappa shape index (κ2) is 26.4. The van der Waals surface area contributed by atoms with Crippen molar-refractivity contribution in [3.05, 3.63) is 192 Å². The van der Waals surface area contributed by atoms with Crippen LogP contribution in [-0.4, -0.2) is 63.8 Å². The number of ether oxygens (including phenoxy) is 2. The van der Waals surface area contributed by atoms with E-state index >= 15 is 0 Å². The second-order valence-electron chi connectivity index (χ2n) is 16.4. The van der Waals surface area contributed by atoms with Crippen molar-refractivity contribution in [2.75, 3.05) is 35.5 Å². The van der Waals surface area contributed by atoms with Gasteiger partial charge in [0.25, 0.3) is 23.6 Å². The van der Waals surface area contributed by atoms with E-state index < -0.39 is 32.1 Å². The van der Waals surface area contributed by atoms with Crippen molar-refractivity contribution in [1.29, 1.82) is 0 Å². The largest absolute Gasteiger partial charge is 0.744 e. The lowest BCUT2D eigenvalue weighted by molar-refractivity contribution is -0.696. The third kappa shape index (κ3) is 16.9. The standard InChI is InChI=1S/C40H40N6O6.2C7H8O3S/c1-5-19-45-21-7-9-31(25-45)41-39(49)29-15-17-33(35(23-29)51-3)43-37(47)27-11-13-28(14-12-27)38(48)44-34-18-16-30(24-36(34)52-4)40(50)42-32-10-8-22-46(26-32)20-6-2;2*1-6-2-4-7(5-3-6)11(8,9)10/h7-18,21-26H,5-6,19-20H2,1-4H3,(H2-2,41,42,43,44,47,48,49,50);2*2-5H,1H3,(H,8,9,10). The van der Waals surface area contributed by atoms with Crippen molar-refractivity contribution in [2.45, 2.75) is 63.4 Å². The molecule has 74 heavy (non-hydrogen) atoms. The first-order chi connectivity index (χ1) is 35.2. The first-order valence-electron chi connectivity index (χ1n) is 23.0. The molecule has 7 rings (SSSR count). The summed E-state index contributed by atoms with van der Waals surface area (Å²) in [4.78, 5) is 51.8. The number of methoxy groups -OCH3 is 2. The number of anilines is 4. The van der Waals surface area contributed by atoms with Crippen molar-refractivity contribution in [1.82, 2.24) is 0 Å². The van der Waals surface area contributed by atoms with Gasteiger partial charge in [-0.15, -0.1) is 0 Å². The highest BCUT2D eigenvalue weighted by molar-refractivity contribution is 7.86. The van der Waals surface area contributed by atoms with Crippen LogP contribution in [0.1, 0.15) is 79.2 Å². The lowest BCUT2D eigenvalue weighted by Gasteiger charge is -2.13. The molecule has 0 aliphatic rings. The van der Waals surface area contributed by atoms with E-state index in [9.17, 15) is 45.1 Å². The van der Waals surface area contributed by atoms with Gasteiger partial charge in [0, 0.05) is 47.2 Å². The smallest absolute Gasteiger partial charge is 0.255 e. The van der Waals surface area contributed by atoms with Crippen LogP contribution in [0, 0.1) is 13.8 Å². The fourth-order valence-electron chi connectivity index (χ4n) is 6.84. The van der Waals surface area contributed by atoms with E-state index in [4.69, 9.17) is 9.47 Å². The van der Waals surface area contributed by atoms with Crippen LogP contribution in [0.4, 0.5) is 22.7 Å². The number of carbonyl (C=O) groups excluding carboxylic acids is 4. The van der Waals surface area contributed by atoms with E-state index in [2.05, 4.69) is 35.1 Å². The van der Waals surface area contributed by atoms with Crippen molar-refractivity contribution >= 4 is 66.6 Å². The number of benzene rings is 5. The topological polar surface area (TPSA) is 257 Å². The number of amides is 4. The molecule has 2 aromatic heterocycles. The van der Waals surface area contributed by atoms with Crippen LogP contribution < -0.4 is 39.9 Å². The van der Waals surface area contributed by atoms with Crippen molar-refractivity contribution in [3.8, 4) is 11.5 Å². The Morgan fingerprint density at radius 1 is 0.473 bits per heavy atom. The van der Waals surface area contributed by atoms with Crippen molar-refractivity contribution in [2.24, 2.45) is 0 Å². The third-order valence-electron chi connectivity index (χ3n) is 10.6. The minimum atomic E-state index is -4.27. The molecule has 0 saturated carbocycles. The van der Waals surface area contributed by atoms with Crippen LogP contribution >= 0.6 is 0 Å². The summed E-state index contributed by atoms with van der Waals surface area (Å²) in [7, 11) is -5.63. The maximum atomic E-state index is 13.1. The normalized spacial score (nSPS) is 10.8. The Morgan fingerprint density at radius 3 is 1.11 bits per heavy atom. The molecular weight excluding hydrogens is 989 g/mol. The number of hydrogen-bond acceptors (Lipinski definition) is 12. The maximum absolute atomic E-state index is 13.1. The number of pyridine rings is 2. The molecule has 0 saturated heterocycles. The van der Waals surface area contributed by atoms with Gasteiger partial charge in [-0.05, 0) is 111 Å². The van der Waals surface area contributed by atoms with Crippen molar-refractivity contribution < 1.29 is 63.7 Å². The van der Waals surface area contributed by atoms with E-state index in [1.807, 2.05) is 72.0 Å². The molecule has 0 atom stereocenters. The highest BCUT2D eigenvalue weighted by atomic mass is 32.2. The molecule has 2 heterocycles. The molecule has 386 valence electrons. The zero-order valence-corrected chi connectivity index (χ0v) is 43.1. The number of rotatable bonds is 16. The molecule has 20 heteroatoms. The Kier molecular flexibility index (Phi) is 20.2. The molecule has 0 spiro atoms. The summed E-state index contributed by atoms with van der Waals surface area (Å²) in [6, 6.07) is 34.6. The van der Waals surface area contributed by atoms with Crippen LogP contribution in [-0.2, 0) is 33.3 Å². The van der Waals surface area contributed by atoms with Gasteiger partial charge in [-0.3, -0.25) is 19.2 Å². The van der Waals surface area contributed by atoms with Gasteiger partial charge in [0.1, 0.15) is 56.2 Å². The molecule has 7 aromatic rings. The summed E-state index contributed by atoms with van der Waals surface area (Å²) in [5.74, 6) is -0.882. The number of aromatic nitrogens is 2. The quantitative estimate of drug-likeness (QED) is 0.0532. The summed E-state index contributed by atoms with van der Waals surface area (Å²) in [5.41, 5.74) is 5.25. The average molecular weight is 1050 g/mol. The summed E-state index contributed by atoms with van der Waals surface area (Å²) < 4.78 is 77.3. The Morgan fingerprint density at radius 2 is 0.797 bits per heavy atom. The number of nitrogens with one attached hydrogen (secondary N) is 4. The lowest BCUT2D eigenvalue weighted by Crippen LogP contribution is -2.33. The molecule has 0 aliphatic heterocycles. The van der Waals surface area contributed by atoms with Crippen LogP contribution in [0.5, 0.6) is 11.5 Å². The molecular formula is C54H56N6O12S2. The SMILES string of the molecule is CCC[n+]1cccc(NC(=O)c2ccc(NC(=O)c3ccc(C(=O)Nc4ccc(C(=O)Nc5ccc[n+](CCC)c5)cc4OC)cc3)c(OC)c2)c1.Cc1ccc(S(=O)(=O)[O-])cc1.Cc1ccc(S(=O)(=O)[O-])cc1. The minimum absolute atomic E-state index is 0.178. The van der Waals surface area contributed by atoms with Crippen LogP contribution in [0.3, 0.4) is 0 Å². The number of aryl methyl sites for hydroxylation is 4. The Hall–Kier alpha value is -8.30. The van der Waals surface area contributed by atoms with Crippen LogP contribution in [0.15, 0.2) is 168 Å². The van der Waals surface area contributed by atoms with E-state index in [-0.39, 0.29) is 21.6 Å². The minimum Gasteiger partial charge on any atom is -0.744 e. The molecule has 0 bridgehead atoms. The fraction of sp³-hybridized carbons (Fsp3) is 0.185. The first-order valence-corrected chi connectivity index (χ1v) is 25.8. The van der Waals surface area contributed by atoms with Gasteiger partial charge in [-0.25, -0.2) is 26.0 Å². The molecule has 0 aliphatic carbocycles. The Bertz CT molecular complexity index is 3100. The Labute approximate surface area is 430 Å². The maximum Gasteiger partial charge on any atom is 0.255 e. The molecule has 4 amide bonds. The summed E-state index contributed by atoms with van der Waals surface area (Å²) >= 11 is 0. The van der Waals surface area contributed by atoms with Gasteiger partial charge in [0.15, 0.2) is 24.8 Å². The zero-order valence-electron chi connectivity index (χ0n) is 41.4. The monoisotopic (exact) mass is 1040 g/mol. The zero-order chi connectivity index (χ0) is 54.0. The second-order valence-corrected chi connectivity index (χ2v) is 19.2. The summed E-state index contributed by atoms with van der Waals surface area (Å²) in [5, 5.41) is 11.4. The summed E-state index contributed by atoms with van der Waals surface area (Å²) in [6.07, 6.45) is 9.56. The molecule has 0 fully saturated rings. The van der Waals surface area contributed by atoms with Crippen LogP contribution in [0.25, 0.3) is 0 Å². The summed E-state index contributed by atoms with van der Waals surface area (Å²) in [6.45, 7) is 9.48. The van der Waals surface area contributed by atoms with Gasteiger partial charge in [0.05, 0.1) is 35.4 Å². The van der Waals surface area contributed by atoms with Gasteiger partial charge in [-0.1, -0.05) is 49.2 Å². The van der Waals surface area contributed by atoms with Gasteiger partial charge < -0.3 is 39.8 Å². The van der Waals surface area contributed by atoms with Gasteiger partial charge in [0.2, 0.25) is 0 Å². The van der Waals surface area contributed by atoms with Crippen molar-refractivity contribution in [3.63, 3.8) is 0 Å². The number of hydrogen-bond donors (Lipinski definition) is 4. The number of nitrogens with zero attached hydrogens (tertiary/aromatic N) is 2. The van der Waals surface area contributed by atoms with Gasteiger partial charge >= 0.3 is 0 Å².